The van der Waals surface area contributed by atoms with Gasteiger partial charge in [-0.15, -0.1) is 11.3 Å². The first-order valence-electron chi connectivity index (χ1n) is 10.9. The number of rotatable bonds is 8. The smallest absolute Gasteiger partial charge is 0.254 e. The number of ether oxygens (including phenoxy) is 1. The Morgan fingerprint density at radius 1 is 1.09 bits per heavy atom. The normalized spacial score (nSPS) is 17.8. The van der Waals surface area contributed by atoms with Crippen molar-refractivity contribution < 1.29 is 14.3 Å². The van der Waals surface area contributed by atoms with Gasteiger partial charge in [0.1, 0.15) is 0 Å². The summed E-state index contributed by atoms with van der Waals surface area (Å²) in [4.78, 5) is 29.7. The van der Waals surface area contributed by atoms with Crippen molar-refractivity contribution in [1.82, 2.24) is 10.2 Å². The third-order valence-corrected chi connectivity index (χ3v) is 6.87. The highest BCUT2D eigenvalue weighted by Gasteiger charge is 2.44. The molecule has 0 bridgehead atoms. The molecule has 166 valence electrons. The van der Waals surface area contributed by atoms with Gasteiger partial charge in [-0.3, -0.25) is 9.59 Å². The monoisotopic (exact) mass is 448 g/mol. The lowest BCUT2D eigenvalue weighted by molar-refractivity contribution is -0.124. The van der Waals surface area contributed by atoms with Crippen LogP contribution in [0.2, 0.25) is 0 Å². The lowest BCUT2D eigenvalue weighted by Crippen LogP contribution is -2.48. The van der Waals surface area contributed by atoms with Crippen molar-refractivity contribution in [2.75, 3.05) is 26.8 Å². The van der Waals surface area contributed by atoms with Crippen molar-refractivity contribution in [2.45, 2.75) is 25.3 Å². The number of hydrogen-bond donors (Lipinski definition) is 1. The van der Waals surface area contributed by atoms with Crippen LogP contribution in [-0.2, 0) is 16.0 Å². The molecule has 2 aromatic carbocycles. The summed E-state index contributed by atoms with van der Waals surface area (Å²) in [5.74, 6) is -0.588. The maximum atomic E-state index is 13.6. The largest absolute Gasteiger partial charge is 0.383 e. The molecule has 0 aliphatic carbocycles. The molecule has 3 aromatic rings. The Balaban J connectivity index is 1.62. The van der Waals surface area contributed by atoms with Crippen LogP contribution < -0.4 is 5.32 Å². The molecule has 0 unspecified atom stereocenters. The predicted octanol–water partition coefficient (Wildman–Crippen LogP) is 4.34. The number of aryl methyl sites for hydroxylation is 1. The van der Waals surface area contributed by atoms with Gasteiger partial charge in [-0.1, -0.05) is 54.1 Å². The summed E-state index contributed by atoms with van der Waals surface area (Å²) in [7, 11) is 1.62. The van der Waals surface area contributed by atoms with Crippen molar-refractivity contribution in [2.24, 2.45) is 0 Å². The molecule has 2 heterocycles. The summed E-state index contributed by atoms with van der Waals surface area (Å²) in [6.45, 7) is 3.45. The zero-order valence-corrected chi connectivity index (χ0v) is 19.2. The van der Waals surface area contributed by atoms with E-state index in [1.54, 1.807) is 23.3 Å². The van der Waals surface area contributed by atoms with Crippen LogP contribution in [0.3, 0.4) is 0 Å². The van der Waals surface area contributed by atoms with Gasteiger partial charge in [0.15, 0.2) is 0 Å². The van der Waals surface area contributed by atoms with E-state index >= 15 is 0 Å². The van der Waals surface area contributed by atoms with Crippen LogP contribution in [0.4, 0.5) is 0 Å². The first-order valence-corrected chi connectivity index (χ1v) is 11.7. The topological polar surface area (TPSA) is 58.6 Å². The molecule has 2 amide bonds. The number of fused-ring (bicyclic) bond motifs is 1. The Hall–Kier alpha value is -2.96. The highest BCUT2D eigenvalue weighted by atomic mass is 32.1. The molecule has 0 radical (unpaired) electrons. The van der Waals surface area contributed by atoms with Crippen molar-refractivity contribution in [3.63, 3.8) is 0 Å². The summed E-state index contributed by atoms with van der Waals surface area (Å²) in [6, 6.07) is 19.4. The summed E-state index contributed by atoms with van der Waals surface area (Å²) in [5.41, 5.74) is 3.79. The van der Waals surface area contributed by atoms with Gasteiger partial charge in [-0.2, -0.15) is 0 Å². The van der Waals surface area contributed by atoms with Gasteiger partial charge in [-0.05, 0) is 42.0 Å². The number of carbonyl (C=O) groups excluding carboxylic acids is 2. The lowest BCUT2D eigenvalue weighted by atomic mass is 9.81. The minimum Gasteiger partial charge on any atom is -0.383 e. The summed E-state index contributed by atoms with van der Waals surface area (Å²) < 4.78 is 5.27. The molecule has 1 N–H and O–H groups in total. The fourth-order valence-corrected chi connectivity index (χ4v) is 5.16. The molecule has 0 spiro atoms. The number of carbonyl (C=O) groups is 2. The van der Waals surface area contributed by atoms with E-state index in [1.807, 2.05) is 41.8 Å². The van der Waals surface area contributed by atoms with Gasteiger partial charge in [-0.25, -0.2) is 0 Å². The predicted molar refractivity (Wildman–Crippen MR) is 127 cm³/mol. The Kier molecular flexibility index (Phi) is 7.02. The van der Waals surface area contributed by atoms with Crippen LogP contribution in [0.5, 0.6) is 0 Å². The maximum absolute atomic E-state index is 13.6. The standard InChI is InChI=1S/C26H28N2O3S/c1-18-9-11-19(12-10-18)13-14-27-25(29)23-20-6-3-4-7-21(20)26(30)28(15-16-31-2)24(23)22-8-5-17-32-22/h3-12,17,23-24H,13-16H2,1-2H3,(H,27,29)/t23-,24-/m1/s1. The lowest BCUT2D eigenvalue weighted by Gasteiger charge is -2.41. The summed E-state index contributed by atoms with van der Waals surface area (Å²) in [6.07, 6.45) is 0.760. The first-order chi connectivity index (χ1) is 15.6. The maximum Gasteiger partial charge on any atom is 0.254 e. The van der Waals surface area contributed by atoms with Crippen LogP contribution in [0.25, 0.3) is 0 Å². The van der Waals surface area contributed by atoms with Gasteiger partial charge in [0.25, 0.3) is 5.91 Å². The quantitative estimate of drug-likeness (QED) is 0.558. The van der Waals surface area contributed by atoms with Crippen molar-refractivity contribution in [3.8, 4) is 0 Å². The average molecular weight is 449 g/mol. The highest BCUT2D eigenvalue weighted by Crippen LogP contribution is 2.44. The Morgan fingerprint density at radius 2 is 1.88 bits per heavy atom. The van der Waals surface area contributed by atoms with E-state index in [2.05, 4.69) is 36.5 Å². The average Bonchev–Trinajstić information content (AvgIpc) is 3.34. The van der Waals surface area contributed by atoms with E-state index in [0.29, 0.717) is 25.3 Å². The van der Waals surface area contributed by atoms with E-state index in [1.165, 1.54) is 11.1 Å². The van der Waals surface area contributed by atoms with Crippen LogP contribution in [0.1, 0.15) is 43.9 Å². The van der Waals surface area contributed by atoms with E-state index in [0.717, 1.165) is 16.9 Å². The Labute approximate surface area is 193 Å². The zero-order chi connectivity index (χ0) is 22.5. The number of nitrogens with zero attached hydrogens (tertiary/aromatic N) is 1. The minimum atomic E-state index is -0.475. The molecule has 1 aliphatic heterocycles. The van der Waals surface area contributed by atoms with Gasteiger partial charge in [0.05, 0.1) is 18.6 Å². The summed E-state index contributed by atoms with van der Waals surface area (Å²) in [5, 5.41) is 5.12. The van der Waals surface area contributed by atoms with Crippen LogP contribution in [-0.4, -0.2) is 43.5 Å². The molecule has 0 saturated heterocycles. The second-order valence-corrected chi connectivity index (χ2v) is 9.02. The molecule has 32 heavy (non-hydrogen) atoms. The minimum absolute atomic E-state index is 0.0558. The molecule has 0 fully saturated rings. The van der Waals surface area contributed by atoms with Crippen LogP contribution in [0, 0.1) is 6.92 Å². The number of benzene rings is 2. The van der Waals surface area contributed by atoms with E-state index < -0.39 is 5.92 Å². The molecule has 1 aliphatic rings. The van der Waals surface area contributed by atoms with Gasteiger partial charge in [0.2, 0.25) is 5.91 Å². The number of nitrogens with one attached hydrogen (secondary N) is 1. The number of methoxy groups -OCH3 is 1. The van der Waals surface area contributed by atoms with E-state index in [4.69, 9.17) is 4.74 Å². The second kappa shape index (κ2) is 10.1. The van der Waals surface area contributed by atoms with E-state index in [-0.39, 0.29) is 17.9 Å². The third-order valence-electron chi connectivity index (χ3n) is 5.93. The van der Waals surface area contributed by atoms with Crippen LogP contribution >= 0.6 is 11.3 Å². The second-order valence-electron chi connectivity index (χ2n) is 8.04. The Morgan fingerprint density at radius 3 is 2.59 bits per heavy atom. The molecule has 2 atom stereocenters. The van der Waals surface area contributed by atoms with Gasteiger partial charge >= 0.3 is 0 Å². The van der Waals surface area contributed by atoms with Crippen molar-refractivity contribution >= 4 is 23.2 Å². The molecule has 4 rings (SSSR count). The molecule has 0 saturated carbocycles. The van der Waals surface area contributed by atoms with Gasteiger partial charge in [0, 0.05) is 30.6 Å². The Bertz CT molecular complexity index is 1060. The number of thiophene rings is 1. The molecule has 5 nitrogen and oxygen atoms in total. The first kappa shape index (κ1) is 22.2. The van der Waals surface area contributed by atoms with Crippen molar-refractivity contribution in [3.05, 3.63) is 93.2 Å². The SMILES string of the molecule is COCCN1C(=O)c2ccccc2[C@@H](C(=O)NCCc2ccc(C)cc2)[C@H]1c1cccs1. The van der Waals surface area contributed by atoms with Crippen molar-refractivity contribution in [1.29, 1.82) is 0 Å². The fraction of sp³-hybridized carbons (Fsp3) is 0.308. The van der Waals surface area contributed by atoms with E-state index in [9.17, 15) is 9.59 Å². The third kappa shape index (κ3) is 4.61. The fourth-order valence-electron chi connectivity index (χ4n) is 4.28. The number of hydrogen-bond acceptors (Lipinski definition) is 4. The molecular weight excluding hydrogens is 420 g/mol. The molecule has 1 aromatic heterocycles. The van der Waals surface area contributed by atoms with Crippen LogP contribution in [0.15, 0.2) is 66.0 Å². The highest BCUT2D eigenvalue weighted by molar-refractivity contribution is 7.10. The summed E-state index contributed by atoms with van der Waals surface area (Å²) >= 11 is 1.57. The number of amides is 2. The zero-order valence-electron chi connectivity index (χ0n) is 18.4. The molecule has 6 heteroatoms. The molecular formula is C26H28N2O3S. The van der Waals surface area contributed by atoms with Gasteiger partial charge < -0.3 is 15.0 Å².